The fraction of sp³-hybridized carbons (Fsp3) is 0.333. The lowest BCUT2D eigenvalue weighted by atomic mass is 10.2. The number of carbonyl (C=O) groups excluding carboxylic acids is 1. The SMILES string of the molecule is Cc1cc(COC(=O)c2cc(CO)oc2C)on1. The number of esters is 1. The van der Waals surface area contributed by atoms with E-state index in [1.54, 1.807) is 19.9 Å². The van der Waals surface area contributed by atoms with Crippen molar-refractivity contribution >= 4 is 5.97 Å². The first-order valence-corrected chi connectivity index (χ1v) is 5.39. The Morgan fingerprint density at radius 1 is 1.39 bits per heavy atom. The van der Waals surface area contributed by atoms with Gasteiger partial charge in [-0.25, -0.2) is 4.79 Å². The summed E-state index contributed by atoms with van der Waals surface area (Å²) in [5, 5.41) is 12.6. The predicted molar refractivity (Wildman–Crippen MR) is 59.7 cm³/mol. The average molecular weight is 251 g/mol. The van der Waals surface area contributed by atoms with Crippen LogP contribution in [0.1, 0.15) is 33.3 Å². The second-order valence-corrected chi connectivity index (χ2v) is 3.85. The molecular weight excluding hydrogens is 238 g/mol. The number of aromatic nitrogens is 1. The van der Waals surface area contributed by atoms with Gasteiger partial charge in [-0.05, 0) is 19.9 Å². The number of hydrogen-bond acceptors (Lipinski definition) is 6. The maximum atomic E-state index is 11.7. The Balaban J connectivity index is 2.01. The van der Waals surface area contributed by atoms with Crippen molar-refractivity contribution < 1.29 is 23.6 Å². The molecule has 2 heterocycles. The minimum absolute atomic E-state index is 0.0127. The molecule has 0 atom stereocenters. The first kappa shape index (κ1) is 12.4. The highest BCUT2D eigenvalue weighted by molar-refractivity contribution is 5.90. The van der Waals surface area contributed by atoms with Crippen molar-refractivity contribution in [3.05, 3.63) is 40.7 Å². The summed E-state index contributed by atoms with van der Waals surface area (Å²) in [4.78, 5) is 11.7. The Labute approximate surface area is 103 Å². The summed E-state index contributed by atoms with van der Waals surface area (Å²) in [5.74, 6) is 0.696. The van der Waals surface area contributed by atoms with Gasteiger partial charge in [0.1, 0.15) is 23.7 Å². The summed E-state index contributed by atoms with van der Waals surface area (Å²) in [6, 6.07) is 3.15. The Bertz CT molecular complexity index is 555. The van der Waals surface area contributed by atoms with Gasteiger partial charge in [-0.3, -0.25) is 0 Å². The molecule has 0 fully saturated rings. The van der Waals surface area contributed by atoms with Gasteiger partial charge in [0, 0.05) is 6.07 Å². The Morgan fingerprint density at radius 3 is 2.72 bits per heavy atom. The summed E-state index contributed by atoms with van der Waals surface area (Å²) in [6.45, 7) is 3.17. The topological polar surface area (TPSA) is 85.7 Å². The van der Waals surface area contributed by atoms with Gasteiger partial charge in [-0.2, -0.15) is 0 Å². The third-order valence-corrected chi connectivity index (χ3v) is 2.37. The molecule has 96 valence electrons. The van der Waals surface area contributed by atoms with Crippen LogP contribution >= 0.6 is 0 Å². The molecule has 0 unspecified atom stereocenters. The van der Waals surface area contributed by atoms with Gasteiger partial charge in [-0.15, -0.1) is 0 Å². The highest BCUT2D eigenvalue weighted by atomic mass is 16.5. The lowest BCUT2D eigenvalue weighted by molar-refractivity contribution is 0.0435. The van der Waals surface area contributed by atoms with Crippen molar-refractivity contribution in [1.82, 2.24) is 5.16 Å². The third-order valence-electron chi connectivity index (χ3n) is 2.37. The van der Waals surface area contributed by atoms with E-state index in [4.69, 9.17) is 18.8 Å². The minimum atomic E-state index is -0.523. The molecule has 0 saturated carbocycles. The standard InChI is InChI=1S/C12H13NO5/c1-7-3-10(18-13-7)6-16-12(15)11-4-9(5-14)17-8(11)2/h3-4,14H,5-6H2,1-2H3. The van der Waals surface area contributed by atoms with Crippen LogP contribution in [-0.4, -0.2) is 16.2 Å². The van der Waals surface area contributed by atoms with Crippen LogP contribution in [0.4, 0.5) is 0 Å². The number of furan rings is 1. The molecule has 0 saturated heterocycles. The number of carbonyl (C=O) groups is 1. The molecule has 18 heavy (non-hydrogen) atoms. The number of aliphatic hydroxyl groups is 1. The molecule has 2 aromatic heterocycles. The van der Waals surface area contributed by atoms with E-state index in [-0.39, 0.29) is 13.2 Å². The van der Waals surface area contributed by atoms with Crippen LogP contribution in [0.3, 0.4) is 0 Å². The number of aryl methyl sites for hydroxylation is 2. The number of nitrogens with zero attached hydrogens (tertiary/aromatic N) is 1. The summed E-state index contributed by atoms with van der Waals surface area (Å²) in [7, 11) is 0. The molecule has 0 aromatic carbocycles. The van der Waals surface area contributed by atoms with Gasteiger partial charge in [0.15, 0.2) is 12.4 Å². The second-order valence-electron chi connectivity index (χ2n) is 3.85. The van der Waals surface area contributed by atoms with Gasteiger partial charge >= 0.3 is 5.97 Å². The zero-order chi connectivity index (χ0) is 13.1. The zero-order valence-electron chi connectivity index (χ0n) is 10.1. The van der Waals surface area contributed by atoms with Crippen LogP contribution in [0, 0.1) is 13.8 Å². The molecule has 0 bridgehead atoms. The van der Waals surface area contributed by atoms with Crippen LogP contribution in [0.2, 0.25) is 0 Å². The average Bonchev–Trinajstić information content (AvgIpc) is 2.92. The minimum Gasteiger partial charge on any atom is -0.463 e. The third kappa shape index (κ3) is 2.60. The molecule has 0 aliphatic rings. The largest absolute Gasteiger partial charge is 0.463 e. The van der Waals surface area contributed by atoms with Gasteiger partial charge in [-0.1, -0.05) is 5.16 Å². The Morgan fingerprint density at radius 2 is 2.17 bits per heavy atom. The molecule has 2 rings (SSSR count). The van der Waals surface area contributed by atoms with Crippen molar-refractivity contribution in [2.75, 3.05) is 0 Å². The smallest absolute Gasteiger partial charge is 0.342 e. The summed E-state index contributed by atoms with van der Waals surface area (Å²) in [5.41, 5.74) is 1.03. The number of hydrogen-bond donors (Lipinski definition) is 1. The first-order chi connectivity index (χ1) is 8.60. The van der Waals surface area contributed by atoms with Crippen LogP contribution in [0.25, 0.3) is 0 Å². The van der Waals surface area contributed by atoms with E-state index in [1.807, 2.05) is 0 Å². The number of rotatable bonds is 4. The van der Waals surface area contributed by atoms with E-state index >= 15 is 0 Å². The van der Waals surface area contributed by atoms with E-state index < -0.39 is 5.97 Å². The fourth-order valence-electron chi connectivity index (χ4n) is 1.52. The lowest BCUT2D eigenvalue weighted by Crippen LogP contribution is -2.05. The summed E-state index contributed by atoms with van der Waals surface area (Å²) < 4.78 is 15.1. The first-order valence-electron chi connectivity index (χ1n) is 5.39. The van der Waals surface area contributed by atoms with Crippen molar-refractivity contribution in [3.8, 4) is 0 Å². The van der Waals surface area contributed by atoms with Crippen LogP contribution in [0.5, 0.6) is 0 Å². The number of ether oxygens (including phenoxy) is 1. The summed E-state index contributed by atoms with van der Waals surface area (Å²) in [6.07, 6.45) is 0. The van der Waals surface area contributed by atoms with Crippen molar-refractivity contribution in [1.29, 1.82) is 0 Å². The fourth-order valence-corrected chi connectivity index (χ4v) is 1.52. The molecule has 2 aromatic rings. The molecule has 0 radical (unpaired) electrons. The Kier molecular flexibility index (Phi) is 3.47. The molecule has 1 N–H and O–H groups in total. The molecule has 6 nitrogen and oxygen atoms in total. The zero-order valence-corrected chi connectivity index (χ0v) is 10.1. The molecule has 0 amide bonds. The van der Waals surface area contributed by atoms with E-state index in [2.05, 4.69) is 5.16 Å². The maximum Gasteiger partial charge on any atom is 0.342 e. The Hall–Kier alpha value is -2.08. The van der Waals surface area contributed by atoms with E-state index in [0.29, 0.717) is 22.8 Å². The van der Waals surface area contributed by atoms with Crippen LogP contribution < -0.4 is 0 Å². The molecular formula is C12H13NO5. The molecule has 0 aliphatic heterocycles. The predicted octanol–water partition coefficient (Wildman–Crippen LogP) is 1.73. The van der Waals surface area contributed by atoms with E-state index in [0.717, 1.165) is 5.69 Å². The van der Waals surface area contributed by atoms with Crippen LogP contribution in [0.15, 0.2) is 21.1 Å². The van der Waals surface area contributed by atoms with Crippen molar-refractivity contribution in [3.63, 3.8) is 0 Å². The molecule has 0 aliphatic carbocycles. The molecule has 0 spiro atoms. The van der Waals surface area contributed by atoms with Gasteiger partial charge in [0.25, 0.3) is 0 Å². The van der Waals surface area contributed by atoms with Crippen LogP contribution in [-0.2, 0) is 18.0 Å². The van der Waals surface area contributed by atoms with Gasteiger partial charge < -0.3 is 18.8 Å². The summed E-state index contributed by atoms with van der Waals surface area (Å²) >= 11 is 0. The van der Waals surface area contributed by atoms with Gasteiger partial charge in [0.05, 0.1) is 5.69 Å². The highest BCUT2D eigenvalue weighted by Gasteiger charge is 2.16. The van der Waals surface area contributed by atoms with Gasteiger partial charge in [0.2, 0.25) is 0 Å². The normalized spacial score (nSPS) is 10.6. The quantitative estimate of drug-likeness (QED) is 0.833. The monoisotopic (exact) mass is 251 g/mol. The molecule has 6 heteroatoms. The maximum absolute atomic E-state index is 11.7. The highest BCUT2D eigenvalue weighted by Crippen LogP contribution is 2.16. The number of aliphatic hydroxyl groups excluding tert-OH is 1. The van der Waals surface area contributed by atoms with E-state index in [9.17, 15) is 4.79 Å². The van der Waals surface area contributed by atoms with E-state index in [1.165, 1.54) is 6.07 Å². The second kappa shape index (κ2) is 5.05. The van der Waals surface area contributed by atoms with Crippen molar-refractivity contribution in [2.24, 2.45) is 0 Å². The lowest BCUT2D eigenvalue weighted by Gasteiger charge is -2.00. The van der Waals surface area contributed by atoms with Crippen molar-refractivity contribution in [2.45, 2.75) is 27.1 Å².